The van der Waals surface area contributed by atoms with Crippen LogP contribution in [0.15, 0.2) is 47.6 Å². The number of piperidine rings is 1. The Morgan fingerprint density at radius 3 is 2.48 bits per heavy atom. The molecule has 1 atom stereocenters. The van der Waals surface area contributed by atoms with Crippen LogP contribution in [0.3, 0.4) is 0 Å². The van der Waals surface area contributed by atoms with Crippen molar-refractivity contribution in [1.29, 1.82) is 0 Å². The molecule has 1 aliphatic rings. The SMILES string of the molecule is CC(C)c1ccc(S(=O)(=O)N2CCCC(Oc3ncccn3)C2)cc1. The third kappa shape index (κ3) is 4.16. The van der Waals surface area contributed by atoms with Crippen LogP contribution in [-0.2, 0) is 10.0 Å². The van der Waals surface area contributed by atoms with Crippen molar-refractivity contribution in [2.45, 2.75) is 43.6 Å². The quantitative estimate of drug-likeness (QED) is 0.819. The lowest BCUT2D eigenvalue weighted by atomic mass is 10.0. The van der Waals surface area contributed by atoms with Gasteiger partial charge in [-0.25, -0.2) is 18.4 Å². The summed E-state index contributed by atoms with van der Waals surface area (Å²) in [6.07, 6.45) is 4.52. The first-order chi connectivity index (χ1) is 12.0. The summed E-state index contributed by atoms with van der Waals surface area (Å²) in [5.74, 6) is 0.371. The number of rotatable bonds is 5. The third-order valence-electron chi connectivity index (χ3n) is 4.34. The first kappa shape index (κ1) is 17.8. The van der Waals surface area contributed by atoms with Gasteiger partial charge in [-0.05, 0) is 42.5 Å². The summed E-state index contributed by atoms with van der Waals surface area (Å²) in [5, 5.41) is 0. The van der Waals surface area contributed by atoms with Crippen molar-refractivity contribution in [3.05, 3.63) is 48.3 Å². The van der Waals surface area contributed by atoms with Gasteiger partial charge in [0.05, 0.1) is 11.4 Å². The van der Waals surface area contributed by atoms with Gasteiger partial charge in [0.2, 0.25) is 10.0 Å². The van der Waals surface area contributed by atoms with Crippen LogP contribution in [0.25, 0.3) is 0 Å². The van der Waals surface area contributed by atoms with Gasteiger partial charge in [0.1, 0.15) is 6.10 Å². The lowest BCUT2D eigenvalue weighted by Gasteiger charge is -2.31. The molecule has 1 unspecified atom stereocenters. The molecule has 3 rings (SSSR count). The minimum atomic E-state index is -3.52. The normalized spacial score (nSPS) is 19.1. The fraction of sp³-hybridized carbons (Fsp3) is 0.444. The summed E-state index contributed by atoms with van der Waals surface area (Å²) in [7, 11) is -3.52. The van der Waals surface area contributed by atoms with E-state index in [9.17, 15) is 8.42 Å². The minimum absolute atomic E-state index is 0.235. The molecule has 6 nitrogen and oxygen atoms in total. The Labute approximate surface area is 148 Å². The Bertz CT molecular complexity index is 792. The topological polar surface area (TPSA) is 72.4 Å². The fourth-order valence-corrected chi connectivity index (χ4v) is 4.40. The predicted molar refractivity (Wildman–Crippen MR) is 95.0 cm³/mol. The van der Waals surface area contributed by atoms with E-state index >= 15 is 0 Å². The lowest BCUT2D eigenvalue weighted by Crippen LogP contribution is -2.44. The molecule has 1 aliphatic heterocycles. The molecule has 25 heavy (non-hydrogen) atoms. The van der Waals surface area contributed by atoms with Crippen molar-refractivity contribution >= 4 is 10.0 Å². The van der Waals surface area contributed by atoms with Crippen LogP contribution >= 0.6 is 0 Å². The van der Waals surface area contributed by atoms with Crippen molar-refractivity contribution < 1.29 is 13.2 Å². The molecule has 1 fully saturated rings. The maximum Gasteiger partial charge on any atom is 0.316 e. The second kappa shape index (κ2) is 7.49. The van der Waals surface area contributed by atoms with E-state index in [-0.39, 0.29) is 12.1 Å². The third-order valence-corrected chi connectivity index (χ3v) is 6.22. The molecule has 0 radical (unpaired) electrons. The second-order valence-corrected chi connectivity index (χ2v) is 8.44. The molecule has 0 spiro atoms. The smallest absolute Gasteiger partial charge is 0.316 e. The molecule has 2 heterocycles. The van der Waals surface area contributed by atoms with Crippen LogP contribution in [0, 0.1) is 0 Å². The number of aromatic nitrogens is 2. The van der Waals surface area contributed by atoms with Gasteiger partial charge in [-0.15, -0.1) is 0 Å². The maximum absolute atomic E-state index is 12.9. The number of sulfonamides is 1. The van der Waals surface area contributed by atoms with E-state index in [2.05, 4.69) is 23.8 Å². The highest BCUT2D eigenvalue weighted by atomic mass is 32.2. The van der Waals surface area contributed by atoms with Crippen molar-refractivity contribution in [1.82, 2.24) is 14.3 Å². The first-order valence-corrected chi connectivity index (χ1v) is 9.94. The highest BCUT2D eigenvalue weighted by molar-refractivity contribution is 7.89. The molecule has 1 aromatic carbocycles. The Morgan fingerprint density at radius 1 is 1.16 bits per heavy atom. The summed E-state index contributed by atoms with van der Waals surface area (Å²) in [6.45, 7) is 4.99. The average molecular weight is 361 g/mol. The molecular formula is C18H23N3O3S. The number of hydrogen-bond acceptors (Lipinski definition) is 5. The van der Waals surface area contributed by atoms with Crippen molar-refractivity contribution in [3.63, 3.8) is 0 Å². The predicted octanol–water partition coefficient (Wildman–Crippen LogP) is 2.83. The van der Waals surface area contributed by atoms with Gasteiger partial charge in [0, 0.05) is 18.9 Å². The minimum Gasteiger partial charge on any atom is -0.459 e. The van der Waals surface area contributed by atoms with Crippen molar-refractivity contribution in [3.8, 4) is 6.01 Å². The van der Waals surface area contributed by atoms with E-state index in [4.69, 9.17) is 4.74 Å². The van der Waals surface area contributed by atoms with Crippen LogP contribution in [0.5, 0.6) is 6.01 Å². The van der Waals surface area contributed by atoms with Gasteiger partial charge in [-0.1, -0.05) is 26.0 Å². The molecule has 2 aromatic rings. The zero-order valence-electron chi connectivity index (χ0n) is 14.5. The van der Waals surface area contributed by atoms with Gasteiger partial charge in [0.15, 0.2) is 0 Å². The zero-order valence-corrected chi connectivity index (χ0v) is 15.3. The summed E-state index contributed by atoms with van der Waals surface area (Å²) in [4.78, 5) is 8.41. The van der Waals surface area contributed by atoms with Gasteiger partial charge >= 0.3 is 6.01 Å². The molecule has 1 aromatic heterocycles. The van der Waals surface area contributed by atoms with Crippen LogP contribution in [-0.4, -0.2) is 41.9 Å². The maximum atomic E-state index is 12.9. The Balaban J connectivity index is 1.73. The Hall–Kier alpha value is -1.99. The van der Waals surface area contributed by atoms with Crippen molar-refractivity contribution in [2.24, 2.45) is 0 Å². The monoisotopic (exact) mass is 361 g/mol. The van der Waals surface area contributed by atoms with Gasteiger partial charge in [0.25, 0.3) is 0 Å². The highest BCUT2D eigenvalue weighted by Gasteiger charge is 2.31. The van der Waals surface area contributed by atoms with E-state index < -0.39 is 10.0 Å². The summed E-state index contributed by atoms with van der Waals surface area (Å²) in [5.41, 5.74) is 1.13. The molecule has 134 valence electrons. The first-order valence-electron chi connectivity index (χ1n) is 8.50. The molecule has 0 bridgehead atoms. The van der Waals surface area contributed by atoms with Gasteiger partial charge in [-0.3, -0.25) is 0 Å². The molecule has 0 amide bonds. The average Bonchev–Trinajstić information content (AvgIpc) is 2.63. The fourth-order valence-electron chi connectivity index (χ4n) is 2.89. The van der Waals surface area contributed by atoms with Crippen molar-refractivity contribution in [2.75, 3.05) is 13.1 Å². The highest BCUT2D eigenvalue weighted by Crippen LogP contribution is 2.24. The van der Waals surface area contributed by atoms with Crippen LogP contribution in [0.2, 0.25) is 0 Å². The Kier molecular flexibility index (Phi) is 5.34. The Morgan fingerprint density at radius 2 is 1.84 bits per heavy atom. The molecule has 1 saturated heterocycles. The van der Waals surface area contributed by atoms with Crippen LogP contribution in [0.4, 0.5) is 0 Å². The van der Waals surface area contributed by atoms with E-state index in [1.807, 2.05) is 12.1 Å². The molecule has 0 N–H and O–H groups in total. The van der Waals surface area contributed by atoms with Crippen LogP contribution in [0.1, 0.15) is 38.2 Å². The van der Waals surface area contributed by atoms with E-state index in [0.29, 0.717) is 23.9 Å². The summed E-state index contributed by atoms with van der Waals surface area (Å²) in [6, 6.07) is 9.14. The lowest BCUT2D eigenvalue weighted by molar-refractivity contribution is 0.119. The van der Waals surface area contributed by atoms with Gasteiger partial charge < -0.3 is 4.74 Å². The number of nitrogens with zero attached hydrogens (tertiary/aromatic N) is 3. The number of hydrogen-bond donors (Lipinski definition) is 0. The largest absolute Gasteiger partial charge is 0.459 e. The summed E-state index contributed by atoms with van der Waals surface area (Å²) < 4.78 is 33.0. The summed E-state index contributed by atoms with van der Waals surface area (Å²) >= 11 is 0. The molecular weight excluding hydrogens is 338 g/mol. The number of ether oxygens (including phenoxy) is 1. The zero-order chi connectivity index (χ0) is 17.9. The molecule has 0 aliphatic carbocycles. The van der Waals surface area contributed by atoms with E-state index in [1.165, 1.54) is 4.31 Å². The number of benzene rings is 1. The van der Waals surface area contributed by atoms with Crippen LogP contribution < -0.4 is 4.74 Å². The van der Waals surface area contributed by atoms with Gasteiger partial charge in [-0.2, -0.15) is 4.31 Å². The molecule has 7 heteroatoms. The van der Waals surface area contributed by atoms with E-state index in [1.54, 1.807) is 30.6 Å². The van der Waals surface area contributed by atoms with E-state index in [0.717, 1.165) is 18.4 Å². The standard InChI is InChI=1S/C18H23N3O3S/c1-14(2)15-6-8-17(9-7-15)25(22,23)21-12-3-5-16(13-21)24-18-19-10-4-11-20-18/h4,6-11,14,16H,3,5,12-13H2,1-2H3. The second-order valence-electron chi connectivity index (χ2n) is 6.50. The molecule has 0 saturated carbocycles.